The Kier molecular flexibility index (Phi) is 3.62. The van der Waals surface area contributed by atoms with Crippen molar-refractivity contribution >= 4 is 11.9 Å². The van der Waals surface area contributed by atoms with Crippen LogP contribution in [0, 0.1) is 17.7 Å². The summed E-state index contributed by atoms with van der Waals surface area (Å²) in [5.74, 6) is 2.09. The zero-order valence-electron chi connectivity index (χ0n) is 8.41. The van der Waals surface area contributed by atoms with Crippen LogP contribution in [-0.4, -0.2) is 19.0 Å². The number of nitrogens with two attached hydrogens (primary N) is 1. The van der Waals surface area contributed by atoms with E-state index in [9.17, 15) is 14.0 Å². The lowest BCUT2D eigenvalue weighted by Gasteiger charge is -2.00. The van der Waals surface area contributed by atoms with Gasteiger partial charge in [-0.1, -0.05) is 5.92 Å². The lowest BCUT2D eigenvalue weighted by molar-refractivity contribution is -0.112. The summed E-state index contributed by atoms with van der Waals surface area (Å²) in [6.07, 6.45) is 0. The molecule has 0 saturated heterocycles. The molecule has 0 fully saturated rings. The first-order valence-corrected chi connectivity index (χ1v) is 4.24. The highest BCUT2D eigenvalue weighted by Gasteiger charge is 2.08. The van der Waals surface area contributed by atoms with Gasteiger partial charge in [0.15, 0.2) is 0 Å². The average Bonchev–Trinajstić information content (AvgIpc) is 2.26. The minimum Gasteiger partial charge on any atom is -0.465 e. The van der Waals surface area contributed by atoms with Crippen molar-refractivity contribution in [2.45, 2.75) is 0 Å². The Morgan fingerprint density at radius 2 is 2.12 bits per heavy atom. The van der Waals surface area contributed by atoms with E-state index in [1.54, 1.807) is 0 Å². The van der Waals surface area contributed by atoms with E-state index in [-0.39, 0.29) is 11.1 Å². The van der Waals surface area contributed by atoms with Crippen LogP contribution < -0.4 is 5.73 Å². The molecule has 0 aromatic heterocycles. The van der Waals surface area contributed by atoms with Crippen molar-refractivity contribution in [3.05, 3.63) is 35.1 Å². The minimum atomic E-state index is -0.872. The molecule has 0 spiro atoms. The van der Waals surface area contributed by atoms with Crippen molar-refractivity contribution in [2.24, 2.45) is 5.73 Å². The summed E-state index contributed by atoms with van der Waals surface area (Å²) in [5, 5.41) is 0. The lowest BCUT2D eigenvalue weighted by atomic mass is 10.1. The van der Waals surface area contributed by atoms with E-state index in [1.165, 1.54) is 19.2 Å². The monoisotopic (exact) mass is 221 g/mol. The van der Waals surface area contributed by atoms with Crippen LogP contribution in [0.25, 0.3) is 0 Å². The van der Waals surface area contributed by atoms with Crippen LogP contribution in [0.2, 0.25) is 0 Å². The molecule has 0 saturated carbocycles. The number of amides is 1. The first-order chi connectivity index (χ1) is 7.54. The van der Waals surface area contributed by atoms with Crippen molar-refractivity contribution in [3.8, 4) is 11.8 Å². The summed E-state index contributed by atoms with van der Waals surface area (Å²) in [7, 11) is 1.21. The Bertz CT molecular complexity index is 500. The third-order valence-electron chi connectivity index (χ3n) is 1.71. The highest BCUT2D eigenvalue weighted by Crippen LogP contribution is 2.10. The molecule has 1 rings (SSSR count). The number of ether oxygens (including phenoxy) is 1. The van der Waals surface area contributed by atoms with E-state index < -0.39 is 17.7 Å². The van der Waals surface area contributed by atoms with E-state index in [4.69, 9.17) is 5.73 Å². The largest absolute Gasteiger partial charge is 0.465 e. The highest BCUT2D eigenvalue weighted by molar-refractivity contribution is 5.93. The van der Waals surface area contributed by atoms with Gasteiger partial charge in [-0.3, -0.25) is 4.79 Å². The van der Waals surface area contributed by atoms with Crippen molar-refractivity contribution < 1.29 is 18.7 Å². The molecule has 0 radical (unpaired) electrons. The van der Waals surface area contributed by atoms with Gasteiger partial charge < -0.3 is 10.5 Å². The van der Waals surface area contributed by atoms with Crippen LogP contribution in [-0.2, 0) is 9.53 Å². The zero-order valence-corrected chi connectivity index (χ0v) is 8.41. The lowest BCUT2D eigenvalue weighted by Crippen LogP contribution is -2.06. The van der Waals surface area contributed by atoms with E-state index in [0.717, 1.165) is 6.07 Å². The Labute approximate surface area is 91.2 Å². The van der Waals surface area contributed by atoms with E-state index in [0.29, 0.717) is 0 Å². The van der Waals surface area contributed by atoms with Crippen LogP contribution >= 0.6 is 0 Å². The molecule has 0 aliphatic rings. The van der Waals surface area contributed by atoms with Gasteiger partial charge in [0.2, 0.25) is 0 Å². The van der Waals surface area contributed by atoms with E-state index in [2.05, 4.69) is 10.7 Å². The molecule has 1 aromatic rings. The van der Waals surface area contributed by atoms with Gasteiger partial charge in [0.25, 0.3) is 5.91 Å². The molecule has 0 bridgehead atoms. The first-order valence-electron chi connectivity index (χ1n) is 4.24. The quantitative estimate of drug-likeness (QED) is 0.553. The maximum atomic E-state index is 13.2. The molecular weight excluding hydrogens is 213 g/mol. The fourth-order valence-electron chi connectivity index (χ4n) is 0.995. The van der Waals surface area contributed by atoms with Crippen molar-refractivity contribution in [1.29, 1.82) is 0 Å². The van der Waals surface area contributed by atoms with Crippen LogP contribution in [0.1, 0.15) is 15.9 Å². The number of halogens is 1. The molecule has 1 aromatic carbocycles. The molecule has 1 amide bonds. The number of hydrogen-bond donors (Lipinski definition) is 1. The summed E-state index contributed by atoms with van der Waals surface area (Å²) in [6.45, 7) is 0. The van der Waals surface area contributed by atoms with E-state index in [1.807, 2.05) is 5.92 Å². The normalized spacial score (nSPS) is 8.88. The van der Waals surface area contributed by atoms with Crippen LogP contribution in [0.3, 0.4) is 0 Å². The Balaban J connectivity index is 3.15. The summed E-state index contributed by atoms with van der Waals surface area (Å²) in [5.41, 5.74) is 4.86. The predicted molar refractivity (Wildman–Crippen MR) is 53.8 cm³/mol. The Morgan fingerprint density at radius 1 is 1.44 bits per heavy atom. The van der Waals surface area contributed by atoms with Gasteiger partial charge in [-0.2, -0.15) is 0 Å². The van der Waals surface area contributed by atoms with Crippen LogP contribution in [0.4, 0.5) is 4.39 Å². The second-order valence-corrected chi connectivity index (χ2v) is 2.80. The number of benzene rings is 1. The highest BCUT2D eigenvalue weighted by atomic mass is 19.1. The number of methoxy groups -OCH3 is 1. The van der Waals surface area contributed by atoms with Crippen LogP contribution in [0.15, 0.2) is 18.2 Å². The van der Waals surface area contributed by atoms with Crippen LogP contribution in [0.5, 0.6) is 0 Å². The van der Waals surface area contributed by atoms with Gasteiger partial charge in [0.05, 0.1) is 18.2 Å². The summed E-state index contributed by atoms with van der Waals surface area (Å²) >= 11 is 0. The molecule has 0 atom stereocenters. The number of carbonyl (C=O) groups excluding carboxylic acids is 2. The molecule has 16 heavy (non-hydrogen) atoms. The fraction of sp³-hybridized carbons (Fsp3) is 0.0909. The van der Waals surface area contributed by atoms with Gasteiger partial charge in [0.1, 0.15) is 5.82 Å². The molecule has 0 unspecified atom stereocenters. The number of hydrogen-bond acceptors (Lipinski definition) is 3. The molecule has 4 nitrogen and oxygen atoms in total. The second kappa shape index (κ2) is 4.94. The van der Waals surface area contributed by atoms with Gasteiger partial charge in [-0.15, -0.1) is 0 Å². The van der Waals surface area contributed by atoms with Crippen molar-refractivity contribution in [3.63, 3.8) is 0 Å². The summed E-state index contributed by atoms with van der Waals surface area (Å²) in [6, 6.07) is 3.52. The second-order valence-electron chi connectivity index (χ2n) is 2.80. The number of primary amides is 1. The third kappa shape index (κ3) is 2.82. The summed E-state index contributed by atoms with van der Waals surface area (Å²) in [4.78, 5) is 21.5. The first kappa shape index (κ1) is 11.7. The fourth-order valence-corrected chi connectivity index (χ4v) is 0.995. The zero-order chi connectivity index (χ0) is 12.1. The van der Waals surface area contributed by atoms with Gasteiger partial charge in [-0.05, 0) is 18.2 Å². The molecular formula is C11H8FNO3. The standard InChI is InChI=1S/C11H8FNO3/c1-16-11(15)8-2-4-9(12)7(6-8)3-5-10(13)14/h2,4,6H,1H3,(H2,13,14). The maximum Gasteiger partial charge on any atom is 0.337 e. The molecule has 5 heteroatoms. The van der Waals surface area contributed by atoms with Gasteiger partial charge in [0, 0.05) is 5.92 Å². The molecule has 2 N–H and O–H groups in total. The van der Waals surface area contributed by atoms with Gasteiger partial charge in [-0.25, -0.2) is 9.18 Å². The van der Waals surface area contributed by atoms with E-state index >= 15 is 0 Å². The molecule has 0 heterocycles. The van der Waals surface area contributed by atoms with Crippen molar-refractivity contribution in [2.75, 3.05) is 7.11 Å². The predicted octanol–water partition coefficient (Wildman–Crippen LogP) is 0.449. The summed E-state index contributed by atoms with van der Waals surface area (Å²) < 4.78 is 17.6. The topological polar surface area (TPSA) is 69.4 Å². The SMILES string of the molecule is COC(=O)c1ccc(F)c(C#CC(N)=O)c1. The smallest absolute Gasteiger partial charge is 0.337 e. The van der Waals surface area contributed by atoms with Crippen molar-refractivity contribution in [1.82, 2.24) is 0 Å². The number of carbonyl (C=O) groups is 2. The molecule has 0 aliphatic carbocycles. The average molecular weight is 221 g/mol. The van der Waals surface area contributed by atoms with Gasteiger partial charge >= 0.3 is 5.97 Å². The Morgan fingerprint density at radius 3 is 2.69 bits per heavy atom. The Hall–Kier alpha value is -2.35. The third-order valence-corrected chi connectivity index (χ3v) is 1.71. The number of rotatable bonds is 1. The maximum absolute atomic E-state index is 13.2. The number of esters is 1. The molecule has 0 aliphatic heterocycles. The minimum absolute atomic E-state index is 0.0818. The molecule has 82 valence electrons.